The second kappa shape index (κ2) is 8.96. The predicted octanol–water partition coefficient (Wildman–Crippen LogP) is 1.94. The molecule has 6 heteroatoms. The van der Waals surface area contributed by atoms with E-state index in [1.807, 2.05) is 4.90 Å². The number of hydrogen-bond donors (Lipinski definition) is 1. The van der Waals surface area contributed by atoms with E-state index < -0.39 is 0 Å². The van der Waals surface area contributed by atoms with Gasteiger partial charge in [-0.15, -0.1) is 0 Å². The Labute approximate surface area is 136 Å². The predicted molar refractivity (Wildman–Crippen MR) is 85.7 cm³/mol. The van der Waals surface area contributed by atoms with Crippen molar-refractivity contribution in [3.8, 4) is 0 Å². The van der Waals surface area contributed by atoms with Crippen molar-refractivity contribution >= 4 is 5.91 Å². The van der Waals surface area contributed by atoms with Gasteiger partial charge in [0.15, 0.2) is 0 Å². The molecule has 0 saturated carbocycles. The quantitative estimate of drug-likeness (QED) is 0.779. The Hall–Kier alpha value is -1.50. The molecule has 1 amide bonds. The highest BCUT2D eigenvalue weighted by Crippen LogP contribution is 2.20. The van der Waals surface area contributed by atoms with Crippen molar-refractivity contribution in [2.75, 3.05) is 33.4 Å². The maximum Gasteiger partial charge on any atom is 0.254 e. The fraction of sp³-hybridized carbons (Fsp3) is 0.588. The molecule has 0 bridgehead atoms. The van der Waals surface area contributed by atoms with Crippen LogP contribution in [-0.2, 0) is 16.1 Å². The topological polar surface area (TPSA) is 64.8 Å². The van der Waals surface area contributed by atoms with Crippen LogP contribution in [0.15, 0.2) is 18.2 Å². The van der Waals surface area contributed by atoms with E-state index in [0.717, 1.165) is 19.3 Å². The number of likely N-dealkylation sites (tertiary alicyclic amines) is 1. The molecule has 1 saturated heterocycles. The van der Waals surface area contributed by atoms with Gasteiger partial charge in [0.05, 0.1) is 19.8 Å². The van der Waals surface area contributed by atoms with Gasteiger partial charge in [0.2, 0.25) is 0 Å². The maximum atomic E-state index is 13.9. The summed E-state index contributed by atoms with van der Waals surface area (Å²) in [5.41, 5.74) is 6.64. The number of nitrogens with zero attached hydrogens (tertiary/aromatic N) is 1. The summed E-state index contributed by atoms with van der Waals surface area (Å²) in [6, 6.07) is 4.50. The average molecular weight is 324 g/mol. The number of nitrogens with two attached hydrogens (primary N) is 1. The summed E-state index contributed by atoms with van der Waals surface area (Å²) >= 11 is 0. The third kappa shape index (κ3) is 4.73. The highest BCUT2D eigenvalue weighted by molar-refractivity contribution is 5.94. The molecule has 0 aromatic heterocycles. The van der Waals surface area contributed by atoms with Crippen LogP contribution in [0.5, 0.6) is 0 Å². The molecule has 1 fully saturated rings. The van der Waals surface area contributed by atoms with Crippen LogP contribution in [0.2, 0.25) is 0 Å². The van der Waals surface area contributed by atoms with Crippen molar-refractivity contribution in [1.82, 2.24) is 4.90 Å². The molecule has 0 spiro atoms. The molecule has 23 heavy (non-hydrogen) atoms. The lowest BCUT2D eigenvalue weighted by Crippen LogP contribution is -2.47. The van der Waals surface area contributed by atoms with Gasteiger partial charge in [-0.2, -0.15) is 0 Å². The van der Waals surface area contributed by atoms with Gasteiger partial charge in [0.1, 0.15) is 5.82 Å². The number of piperidine rings is 1. The summed E-state index contributed by atoms with van der Waals surface area (Å²) in [6.45, 7) is 2.12. The lowest BCUT2D eigenvalue weighted by atomic mass is 10.0. The Balaban J connectivity index is 2.07. The fourth-order valence-corrected chi connectivity index (χ4v) is 2.82. The first-order chi connectivity index (χ1) is 11.2. The van der Waals surface area contributed by atoms with Crippen LogP contribution in [0.3, 0.4) is 0 Å². The Morgan fingerprint density at radius 1 is 1.39 bits per heavy atom. The van der Waals surface area contributed by atoms with Gasteiger partial charge in [0.25, 0.3) is 5.91 Å². The van der Waals surface area contributed by atoms with Gasteiger partial charge in [-0.05, 0) is 37.5 Å². The summed E-state index contributed by atoms with van der Waals surface area (Å²) in [5, 5.41) is 0. The monoisotopic (exact) mass is 324 g/mol. The van der Waals surface area contributed by atoms with Crippen molar-refractivity contribution in [2.45, 2.75) is 31.9 Å². The van der Waals surface area contributed by atoms with E-state index >= 15 is 0 Å². The minimum atomic E-state index is -0.368. The van der Waals surface area contributed by atoms with Crippen LogP contribution < -0.4 is 5.73 Å². The van der Waals surface area contributed by atoms with Gasteiger partial charge in [-0.3, -0.25) is 4.79 Å². The number of amides is 1. The third-order valence-corrected chi connectivity index (χ3v) is 4.14. The zero-order valence-electron chi connectivity index (χ0n) is 13.6. The summed E-state index contributed by atoms with van der Waals surface area (Å²) < 4.78 is 24.1. The van der Waals surface area contributed by atoms with E-state index in [4.69, 9.17) is 15.2 Å². The molecule has 1 unspecified atom stereocenters. The van der Waals surface area contributed by atoms with Crippen LogP contribution >= 0.6 is 0 Å². The zero-order chi connectivity index (χ0) is 16.7. The molecular weight excluding hydrogens is 299 g/mol. The van der Waals surface area contributed by atoms with E-state index in [0.29, 0.717) is 37.4 Å². The third-order valence-electron chi connectivity index (χ3n) is 4.14. The molecular formula is C17H25FN2O3. The van der Waals surface area contributed by atoms with Crippen LogP contribution in [0.25, 0.3) is 0 Å². The number of methoxy groups -OCH3 is 1. The lowest BCUT2D eigenvalue weighted by Gasteiger charge is -2.35. The highest BCUT2D eigenvalue weighted by Gasteiger charge is 2.26. The highest BCUT2D eigenvalue weighted by atomic mass is 19.1. The van der Waals surface area contributed by atoms with Crippen LogP contribution in [-0.4, -0.2) is 50.3 Å². The van der Waals surface area contributed by atoms with Gasteiger partial charge in [-0.1, -0.05) is 0 Å². The van der Waals surface area contributed by atoms with E-state index in [1.54, 1.807) is 13.2 Å². The number of carbonyl (C=O) groups is 1. The number of hydrogen-bond acceptors (Lipinski definition) is 4. The lowest BCUT2D eigenvalue weighted by molar-refractivity contribution is 0.0596. The molecule has 1 aliphatic heterocycles. The standard InChI is InChI=1S/C17H25FN2O3/c1-22-8-9-23-12-14-10-13(5-6-16(14)18)17(21)20-7-3-2-4-15(20)11-19/h5-6,10,15H,2-4,7-9,11-12,19H2,1H3. The molecule has 0 aliphatic carbocycles. The number of rotatable bonds is 7. The first-order valence-corrected chi connectivity index (χ1v) is 8.03. The van der Waals surface area contributed by atoms with Crippen molar-refractivity contribution < 1.29 is 18.7 Å². The minimum absolute atomic E-state index is 0.0720. The summed E-state index contributed by atoms with van der Waals surface area (Å²) in [7, 11) is 1.58. The smallest absolute Gasteiger partial charge is 0.254 e. The van der Waals surface area contributed by atoms with Crippen molar-refractivity contribution in [1.29, 1.82) is 0 Å². The number of ether oxygens (including phenoxy) is 2. The Kier molecular flexibility index (Phi) is 6.95. The van der Waals surface area contributed by atoms with Crippen LogP contribution in [0.4, 0.5) is 4.39 Å². The average Bonchev–Trinajstić information content (AvgIpc) is 2.59. The van der Waals surface area contributed by atoms with Gasteiger partial charge >= 0.3 is 0 Å². The minimum Gasteiger partial charge on any atom is -0.382 e. The van der Waals surface area contributed by atoms with Gasteiger partial charge in [0, 0.05) is 37.4 Å². The molecule has 1 aromatic carbocycles. The molecule has 1 aromatic rings. The molecule has 2 N–H and O–H groups in total. The Morgan fingerprint density at radius 3 is 2.96 bits per heavy atom. The first kappa shape index (κ1) is 17.8. The fourth-order valence-electron chi connectivity index (χ4n) is 2.82. The largest absolute Gasteiger partial charge is 0.382 e. The molecule has 2 rings (SSSR count). The van der Waals surface area contributed by atoms with Gasteiger partial charge < -0.3 is 20.1 Å². The number of carbonyl (C=O) groups excluding carboxylic acids is 1. The number of benzene rings is 1. The molecule has 1 aliphatic rings. The summed E-state index contributed by atoms with van der Waals surface area (Å²) in [6.07, 6.45) is 3.00. The second-order valence-electron chi connectivity index (χ2n) is 5.74. The molecule has 1 heterocycles. The molecule has 1 atom stereocenters. The SMILES string of the molecule is COCCOCc1cc(C(=O)N2CCCCC2CN)ccc1F. The number of halogens is 1. The zero-order valence-corrected chi connectivity index (χ0v) is 13.6. The van der Waals surface area contributed by atoms with E-state index in [2.05, 4.69) is 0 Å². The van der Waals surface area contributed by atoms with Crippen molar-refractivity contribution in [3.63, 3.8) is 0 Å². The maximum absolute atomic E-state index is 13.9. The summed E-state index contributed by atoms with van der Waals surface area (Å²) in [4.78, 5) is 14.5. The second-order valence-corrected chi connectivity index (χ2v) is 5.74. The Bertz CT molecular complexity index is 525. The molecule has 0 radical (unpaired) electrons. The van der Waals surface area contributed by atoms with E-state index in [1.165, 1.54) is 12.1 Å². The van der Waals surface area contributed by atoms with Crippen molar-refractivity contribution in [2.24, 2.45) is 5.73 Å². The Morgan fingerprint density at radius 2 is 2.22 bits per heavy atom. The van der Waals surface area contributed by atoms with E-state index in [-0.39, 0.29) is 24.4 Å². The first-order valence-electron chi connectivity index (χ1n) is 8.03. The molecule has 128 valence electrons. The van der Waals surface area contributed by atoms with Crippen molar-refractivity contribution in [3.05, 3.63) is 35.1 Å². The van der Waals surface area contributed by atoms with E-state index in [9.17, 15) is 9.18 Å². The molecule has 5 nitrogen and oxygen atoms in total. The van der Waals surface area contributed by atoms with Gasteiger partial charge in [-0.25, -0.2) is 4.39 Å². The summed E-state index contributed by atoms with van der Waals surface area (Å²) in [5.74, 6) is -0.453. The van der Waals surface area contributed by atoms with Crippen LogP contribution in [0, 0.1) is 5.82 Å². The van der Waals surface area contributed by atoms with Crippen LogP contribution in [0.1, 0.15) is 35.2 Å². The normalized spacial score (nSPS) is 18.2.